The van der Waals surface area contributed by atoms with Crippen molar-refractivity contribution in [1.29, 1.82) is 0 Å². The fourth-order valence-corrected chi connectivity index (χ4v) is 3.18. The molecule has 2 aromatic heterocycles. The van der Waals surface area contributed by atoms with Gasteiger partial charge in [-0.3, -0.25) is 4.98 Å². The van der Waals surface area contributed by atoms with E-state index in [0.717, 1.165) is 16.5 Å². The maximum atomic E-state index is 11.5. The summed E-state index contributed by atoms with van der Waals surface area (Å²) in [5.74, 6) is 0. The summed E-state index contributed by atoms with van der Waals surface area (Å²) in [7, 11) is -3.22. The third kappa shape index (κ3) is 5.82. The van der Waals surface area contributed by atoms with E-state index in [1.54, 1.807) is 20.0 Å². The van der Waals surface area contributed by atoms with Crippen LogP contribution in [0.15, 0.2) is 29.8 Å². The molecule has 0 bridgehead atoms. The number of ether oxygens (including phenoxy) is 1. The highest BCUT2D eigenvalue weighted by Crippen LogP contribution is 2.22. The van der Waals surface area contributed by atoms with Gasteiger partial charge in [0.15, 0.2) is 5.13 Å². The van der Waals surface area contributed by atoms with Crippen molar-refractivity contribution in [3.05, 3.63) is 29.8 Å². The van der Waals surface area contributed by atoms with Crippen LogP contribution in [0.5, 0.6) is 0 Å². The SMILES string of the molecule is CC(C)S(=O)(=O)NCCOCCNc1nc(-c2ccccn2)cs1. The maximum absolute atomic E-state index is 11.5. The summed E-state index contributed by atoms with van der Waals surface area (Å²) in [5.41, 5.74) is 1.68. The topological polar surface area (TPSA) is 93.2 Å². The van der Waals surface area contributed by atoms with Crippen LogP contribution >= 0.6 is 11.3 Å². The molecule has 0 aliphatic carbocycles. The van der Waals surface area contributed by atoms with Gasteiger partial charge in [-0.25, -0.2) is 18.1 Å². The molecule has 0 saturated heterocycles. The Morgan fingerprint density at radius 1 is 1.21 bits per heavy atom. The molecule has 7 nitrogen and oxygen atoms in total. The third-order valence-corrected chi connectivity index (χ3v) is 5.77. The number of hydrogen-bond acceptors (Lipinski definition) is 7. The van der Waals surface area contributed by atoms with Gasteiger partial charge in [-0.15, -0.1) is 11.3 Å². The molecule has 0 radical (unpaired) electrons. The molecule has 0 fully saturated rings. The van der Waals surface area contributed by atoms with E-state index >= 15 is 0 Å². The summed E-state index contributed by atoms with van der Waals surface area (Å²) in [4.78, 5) is 8.72. The van der Waals surface area contributed by atoms with Crippen molar-refractivity contribution >= 4 is 26.5 Å². The van der Waals surface area contributed by atoms with Gasteiger partial charge in [-0.1, -0.05) is 6.07 Å². The average molecular weight is 370 g/mol. The molecule has 0 spiro atoms. The number of nitrogens with one attached hydrogen (secondary N) is 2. The molecule has 2 heterocycles. The zero-order valence-corrected chi connectivity index (χ0v) is 15.4. The molecule has 0 aromatic carbocycles. The van der Waals surface area contributed by atoms with Crippen LogP contribution in [0.1, 0.15) is 13.8 Å². The van der Waals surface area contributed by atoms with Crippen molar-refractivity contribution in [2.75, 3.05) is 31.6 Å². The van der Waals surface area contributed by atoms with E-state index in [9.17, 15) is 8.42 Å². The Morgan fingerprint density at radius 2 is 2.00 bits per heavy atom. The molecule has 132 valence electrons. The molecule has 2 aromatic rings. The molecule has 0 saturated carbocycles. The van der Waals surface area contributed by atoms with Crippen LogP contribution in [0, 0.1) is 0 Å². The summed E-state index contributed by atoms with van der Waals surface area (Å²) in [6.07, 6.45) is 1.74. The average Bonchev–Trinajstić information content (AvgIpc) is 3.03. The first-order valence-electron chi connectivity index (χ1n) is 7.66. The maximum Gasteiger partial charge on any atom is 0.214 e. The number of hydrogen-bond donors (Lipinski definition) is 2. The molecule has 2 rings (SSSR count). The van der Waals surface area contributed by atoms with Gasteiger partial charge in [0, 0.05) is 24.7 Å². The fraction of sp³-hybridized carbons (Fsp3) is 0.467. The Balaban J connectivity index is 1.63. The summed E-state index contributed by atoms with van der Waals surface area (Å²) in [6, 6.07) is 5.71. The van der Waals surface area contributed by atoms with E-state index < -0.39 is 15.3 Å². The molecule has 9 heteroatoms. The zero-order chi connectivity index (χ0) is 17.4. The Bertz CT molecular complexity index is 717. The first-order chi connectivity index (χ1) is 11.5. The van der Waals surface area contributed by atoms with Crippen molar-refractivity contribution in [2.45, 2.75) is 19.1 Å². The predicted octanol–water partition coefficient (Wildman–Crippen LogP) is 1.96. The Hall–Kier alpha value is -1.55. The van der Waals surface area contributed by atoms with E-state index in [-0.39, 0.29) is 6.54 Å². The van der Waals surface area contributed by atoms with Crippen molar-refractivity contribution in [3.63, 3.8) is 0 Å². The first-order valence-corrected chi connectivity index (χ1v) is 10.1. The van der Waals surface area contributed by atoms with Gasteiger partial charge in [-0.2, -0.15) is 0 Å². The smallest absolute Gasteiger partial charge is 0.214 e. The molecule has 0 aliphatic heterocycles. The highest BCUT2D eigenvalue weighted by atomic mass is 32.2. The van der Waals surface area contributed by atoms with Crippen LogP contribution in [0.3, 0.4) is 0 Å². The monoisotopic (exact) mass is 370 g/mol. The van der Waals surface area contributed by atoms with E-state index in [1.165, 1.54) is 11.3 Å². The lowest BCUT2D eigenvalue weighted by molar-refractivity contribution is 0.149. The highest BCUT2D eigenvalue weighted by Gasteiger charge is 2.14. The number of pyridine rings is 1. The fourth-order valence-electron chi connectivity index (χ4n) is 1.74. The van der Waals surface area contributed by atoms with Crippen molar-refractivity contribution in [3.8, 4) is 11.4 Å². The number of thiazole rings is 1. The number of anilines is 1. The molecule has 0 amide bonds. The minimum Gasteiger partial charge on any atom is -0.378 e. The lowest BCUT2D eigenvalue weighted by Gasteiger charge is -2.09. The molecule has 0 aliphatic rings. The summed E-state index contributed by atoms with van der Waals surface area (Å²) in [5, 5.41) is 5.50. The molecule has 2 N–H and O–H groups in total. The van der Waals surface area contributed by atoms with Gasteiger partial charge in [0.05, 0.1) is 24.2 Å². The van der Waals surface area contributed by atoms with E-state index in [1.807, 2.05) is 23.6 Å². The number of sulfonamides is 1. The lowest BCUT2D eigenvalue weighted by atomic mass is 10.3. The summed E-state index contributed by atoms with van der Waals surface area (Å²) >= 11 is 1.51. The Morgan fingerprint density at radius 3 is 2.71 bits per heavy atom. The van der Waals surface area contributed by atoms with E-state index in [4.69, 9.17) is 4.74 Å². The second-order valence-electron chi connectivity index (χ2n) is 5.28. The second-order valence-corrected chi connectivity index (χ2v) is 8.46. The quantitative estimate of drug-likeness (QED) is 0.621. The molecular formula is C15H22N4O3S2. The van der Waals surface area contributed by atoms with E-state index in [0.29, 0.717) is 19.8 Å². The van der Waals surface area contributed by atoms with E-state index in [2.05, 4.69) is 20.0 Å². The lowest BCUT2D eigenvalue weighted by Crippen LogP contribution is -2.33. The van der Waals surface area contributed by atoms with Crippen molar-refractivity contribution < 1.29 is 13.2 Å². The molecule has 24 heavy (non-hydrogen) atoms. The number of rotatable bonds is 10. The first kappa shape index (κ1) is 18.8. The van der Waals surface area contributed by atoms with Crippen LogP contribution in [-0.4, -0.2) is 49.9 Å². The Labute approximate surface area is 146 Å². The van der Waals surface area contributed by atoms with Crippen molar-refractivity contribution in [1.82, 2.24) is 14.7 Å². The van der Waals surface area contributed by atoms with Crippen LogP contribution < -0.4 is 10.0 Å². The minimum atomic E-state index is -3.22. The molecule has 0 unspecified atom stereocenters. The minimum absolute atomic E-state index is 0.279. The van der Waals surface area contributed by atoms with Gasteiger partial charge in [0.2, 0.25) is 10.0 Å². The summed E-state index contributed by atoms with van der Waals surface area (Å²) in [6.45, 7) is 4.97. The van der Waals surface area contributed by atoms with Gasteiger partial charge < -0.3 is 10.1 Å². The number of aromatic nitrogens is 2. The van der Waals surface area contributed by atoms with Gasteiger partial charge in [-0.05, 0) is 26.0 Å². The number of nitrogens with zero attached hydrogens (tertiary/aromatic N) is 2. The second kappa shape index (κ2) is 9.07. The standard InChI is InChI=1S/C15H22N4O3S2/c1-12(2)24(20,21)18-8-10-22-9-7-17-15-19-14(11-23-15)13-5-3-4-6-16-13/h3-6,11-12,18H,7-10H2,1-2H3,(H,17,19). The van der Waals surface area contributed by atoms with Gasteiger partial charge in [0.1, 0.15) is 5.69 Å². The Kier molecular flexibility index (Phi) is 7.10. The highest BCUT2D eigenvalue weighted by molar-refractivity contribution is 7.90. The normalized spacial score (nSPS) is 11.8. The third-order valence-electron chi connectivity index (χ3n) is 3.12. The van der Waals surface area contributed by atoms with Crippen LogP contribution in [0.4, 0.5) is 5.13 Å². The molecular weight excluding hydrogens is 348 g/mol. The van der Waals surface area contributed by atoms with Crippen LogP contribution in [0.25, 0.3) is 11.4 Å². The van der Waals surface area contributed by atoms with Gasteiger partial charge in [0.25, 0.3) is 0 Å². The van der Waals surface area contributed by atoms with Crippen LogP contribution in [0.2, 0.25) is 0 Å². The van der Waals surface area contributed by atoms with Crippen LogP contribution in [-0.2, 0) is 14.8 Å². The molecule has 0 atom stereocenters. The zero-order valence-electron chi connectivity index (χ0n) is 13.7. The van der Waals surface area contributed by atoms with Gasteiger partial charge >= 0.3 is 0 Å². The largest absolute Gasteiger partial charge is 0.378 e. The summed E-state index contributed by atoms with van der Waals surface area (Å²) < 4.78 is 31.0. The van der Waals surface area contributed by atoms with Crippen molar-refractivity contribution in [2.24, 2.45) is 0 Å². The predicted molar refractivity (Wildman–Crippen MR) is 96.7 cm³/mol.